The number of hydrogen-bond acceptors (Lipinski definition) is 4. The summed E-state index contributed by atoms with van der Waals surface area (Å²) in [5.74, 6) is 0.196. The molecule has 0 amide bonds. The molecule has 0 saturated heterocycles. The lowest BCUT2D eigenvalue weighted by Gasteiger charge is -2.08. The van der Waals surface area contributed by atoms with Gasteiger partial charge in [0.25, 0.3) is 5.95 Å². The average Bonchev–Trinajstić information content (AvgIpc) is 2.72. The molecule has 0 fully saturated rings. The Bertz CT molecular complexity index is 325. The first kappa shape index (κ1) is 9.11. The van der Waals surface area contributed by atoms with E-state index in [1.54, 1.807) is 18.2 Å². The van der Waals surface area contributed by atoms with Gasteiger partial charge in [0, 0.05) is 6.08 Å². The van der Waals surface area contributed by atoms with Gasteiger partial charge in [0.15, 0.2) is 0 Å². The molecule has 0 bridgehead atoms. The van der Waals surface area contributed by atoms with Gasteiger partial charge in [0.05, 0.1) is 0 Å². The van der Waals surface area contributed by atoms with Gasteiger partial charge < -0.3 is 9.68 Å². The van der Waals surface area contributed by atoms with E-state index >= 15 is 0 Å². The third-order valence-electron chi connectivity index (χ3n) is 1.77. The normalized spacial score (nSPS) is 14.5. The van der Waals surface area contributed by atoms with Crippen LogP contribution in [0.1, 0.15) is 0 Å². The van der Waals surface area contributed by atoms with Crippen molar-refractivity contribution in [2.45, 2.75) is 0 Å². The highest BCUT2D eigenvalue weighted by Crippen LogP contribution is 2.08. The Hall–Kier alpha value is -1.46. The van der Waals surface area contributed by atoms with Gasteiger partial charge in [0.2, 0.25) is 0 Å². The van der Waals surface area contributed by atoms with E-state index in [0.717, 1.165) is 0 Å². The van der Waals surface area contributed by atoms with Crippen LogP contribution in [0.25, 0.3) is 0 Å². The Labute approximate surface area is 81.8 Å². The predicted octanol–water partition coefficient (Wildman–Crippen LogP) is 0.194. The van der Waals surface area contributed by atoms with Gasteiger partial charge >= 0.3 is 7.12 Å². The Morgan fingerprint density at radius 1 is 1.29 bits per heavy atom. The molecular weight excluding hydrogens is 183 g/mol. The van der Waals surface area contributed by atoms with Gasteiger partial charge in [-0.1, -0.05) is 30.3 Å². The molecule has 0 aromatic heterocycles. The molecule has 2 rings (SSSR count). The van der Waals surface area contributed by atoms with Crippen molar-refractivity contribution in [1.29, 1.82) is 0 Å². The molecule has 14 heavy (non-hydrogen) atoms. The molecule has 72 valence electrons. The van der Waals surface area contributed by atoms with E-state index in [1.807, 2.05) is 18.2 Å². The van der Waals surface area contributed by atoms with Crippen molar-refractivity contribution in [3.63, 3.8) is 0 Å². The second-order valence-electron chi connectivity index (χ2n) is 2.77. The fourth-order valence-electron chi connectivity index (χ4n) is 1.09. The summed E-state index contributed by atoms with van der Waals surface area (Å²) < 4.78 is 5.07. The second-order valence-corrected chi connectivity index (χ2v) is 2.77. The zero-order valence-electron chi connectivity index (χ0n) is 7.42. The van der Waals surface area contributed by atoms with Gasteiger partial charge in [-0.3, -0.25) is 4.89 Å². The zero-order chi connectivity index (χ0) is 9.80. The summed E-state index contributed by atoms with van der Waals surface area (Å²) in [6, 6.07) is 9.04. The van der Waals surface area contributed by atoms with E-state index in [2.05, 4.69) is 9.78 Å². The smallest absolute Gasteiger partial charge is 0.504 e. The summed E-state index contributed by atoms with van der Waals surface area (Å²) in [6.07, 6.45) is 1.60. The molecular formula is C9H9BO4. The molecule has 0 atom stereocenters. The fourth-order valence-corrected chi connectivity index (χ4v) is 1.09. The van der Waals surface area contributed by atoms with Crippen LogP contribution in [-0.4, -0.2) is 18.7 Å². The van der Waals surface area contributed by atoms with Crippen LogP contribution in [0, 0.1) is 0 Å². The summed E-state index contributed by atoms with van der Waals surface area (Å²) >= 11 is 0. The molecule has 0 spiro atoms. The van der Waals surface area contributed by atoms with Crippen LogP contribution < -0.4 is 5.46 Å². The van der Waals surface area contributed by atoms with Crippen molar-refractivity contribution in [1.82, 2.24) is 0 Å². The fraction of sp³-hybridized carbons (Fsp3) is 0.111. The molecule has 0 saturated carbocycles. The van der Waals surface area contributed by atoms with Gasteiger partial charge in [-0.15, -0.1) is 0 Å². The minimum Gasteiger partial charge on any atom is -0.504 e. The first-order chi connectivity index (χ1) is 6.86. The van der Waals surface area contributed by atoms with Gasteiger partial charge in [-0.05, 0) is 5.46 Å². The third-order valence-corrected chi connectivity index (χ3v) is 1.77. The van der Waals surface area contributed by atoms with E-state index in [9.17, 15) is 5.02 Å². The SMILES string of the molecule is OB(OC1=CCOO1)c1ccccc1. The quantitative estimate of drug-likeness (QED) is 0.548. The molecule has 0 unspecified atom stereocenters. The summed E-state index contributed by atoms with van der Waals surface area (Å²) in [5.41, 5.74) is 0.670. The van der Waals surface area contributed by atoms with Crippen LogP contribution >= 0.6 is 0 Å². The molecule has 4 nitrogen and oxygen atoms in total. The van der Waals surface area contributed by atoms with Crippen LogP contribution in [0.15, 0.2) is 42.4 Å². The van der Waals surface area contributed by atoms with Crippen LogP contribution in [-0.2, 0) is 14.4 Å². The molecule has 0 radical (unpaired) electrons. The molecule has 0 aliphatic carbocycles. The molecule has 1 heterocycles. The van der Waals surface area contributed by atoms with Gasteiger partial charge in [-0.2, -0.15) is 4.89 Å². The van der Waals surface area contributed by atoms with E-state index in [0.29, 0.717) is 12.1 Å². The molecule has 1 N–H and O–H groups in total. The van der Waals surface area contributed by atoms with E-state index in [-0.39, 0.29) is 5.95 Å². The lowest BCUT2D eigenvalue weighted by molar-refractivity contribution is -0.255. The number of benzene rings is 1. The van der Waals surface area contributed by atoms with Crippen molar-refractivity contribution >= 4 is 12.6 Å². The summed E-state index contributed by atoms with van der Waals surface area (Å²) in [7, 11) is -1.02. The minimum absolute atomic E-state index is 0.196. The van der Waals surface area contributed by atoms with Crippen LogP contribution in [0.2, 0.25) is 0 Å². The van der Waals surface area contributed by atoms with Gasteiger partial charge in [-0.25, -0.2) is 0 Å². The summed E-state index contributed by atoms with van der Waals surface area (Å²) in [4.78, 5) is 9.19. The predicted molar refractivity (Wildman–Crippen MR) is 50.3 cm³/mol. The molecule has 1 aromatic rings. The van der Waals surface area contributed by atoms with Crippen LogP contribution in [0.5, 0.6) is 0 Å². The average molecular weight is 192 g/mol. The van der Waals surface area contributed by atoms with Gasteiger partial charge in [0.1, 0.15) is 6.61 Å². The molecule has 1 aliphatic heterocycles. The Balaban J connectivity index is 1.99. The minimum atomic E-state index is -1.02. The largest absolute Gasteiger partial charge is 0.562 e. The maximum absolute atomic E-state index is 9.58. The monoisotopic (exact) mass is 192 g/mol. The standard InChI is InChI=1S/C9H9BO4/c11-10(8-4-2-1-3-5-8)13-9-6-7-12-14-9/h1-6,11H,7H2. The third kappa shape index (κ3) is 2.07. The first-order valence-corrected chi connectivity index (χ1v) is 4.25. The van der Waals surface area contributed by atoms with Crippen LogP contribution in [0.3, 0.4) is 0 Å². The van der Waals surface area contributed by atoms with Crippen molar-refractivity contribution in [3.05, 3.63) is 42.4 Å². The van der Waals surface area contributed by atoms with Crippen molar-refractivity contribution in [3.8, 4) is 0 Å². The highest BCUT2D eigenvalue weighted by atomic mass is 17.2. The Kier molecular flexibility index (Phi) is 2.71. The highest BCUT2D eigenvalue weighted by Gasteiger charge is 2.22. The topological polar surface area (TPSA) is 47.9 Å². The van der Waals surface area contributed by atoms with Crippen molar-refractivity contribution in [2.24, 2.45) is 0 Å². The van der Waals surface area contributed by atoms with E-state index in [1.165, 1.54) is 0 Å². The Morgan fingerprint density at radius 3 is 2.71 bits per heavy atom. The molecule has 1 aromatic carbocycles. The summed E-state index contributed by atoms with van der Waals surface area (Å²) in [5, 5.41) is 9.58. The van der Waals surface area contributed by atoms with Crippen molar-refractivity contribution in [2.75, 3.05) is 6.61 Å². The molecule has 1 aliphatic rings. The maximum atomic E-state index is 9.58. The summed E-state index contributed by atoms with van der Waals surface area (Å²) in [6.45, 7) is 0.344. The first-order valence-electron chi connectivity index (χ1n) is 4.25. The highest BCUT2D eigenvalue weighted by molar-refractivity contribution is 6.60. The molecule has 5 heteroatoms. The second kappa shape index (κ2) is 4.17. The lowest BCUT2D eigenvalue weighted by Crippen LogP contribution is -2.33. The van der Waals surface area contributed by atoms with E-state index in [4.69, 9.17) is 4.65 Å². The maximum Gasteiger partial charge on any atom is 0.562 e. The lowest BCUT2D eigenvalue weighted by atomic mass is 9.80. The Morgan fingerprint density at radius 2 is 2.07 bits per heavy atom. The van der Waals surface area contributed by atoms with Crippen molar-refractivity contribution < 1.29 is 19.5 Å². The van der Waals surface area contributed by atoms with E-state index < -0.39 is 7.12 Å². The zero-order valence-corrected chi connectivity index (χ0v) is 7.42. The van der Waals surface area contributed by atoms with Crippen LogP contribution in [0.4, 0.5) is 0 Å². The number of rotatable bonds is 3. The number of hydrogen-bond donors (Lipinski definition) is 1.